The highest BCUT2D eigenvalue weighted by molar-refractivity contribution is 9.10. The van der Waals surface area contributed by atoms with Crippen LogP contribution >= 0.6 is 15.9 Å². The fraction of sp³-hybridized carbons (Fsp3) is 0.571. The van der Waals surface area contributed by atoms with Crippen LogP contribution in [0.25, 0.3) is 0 Å². The first kappa shape index (κ1) is 14.0. The van der Waals surface area contributed by atoms with E-state index in [9.17, 15) is 4.39 Å². The van der Waals surface area contributed by atoms with Gasteiger partial charge in [0.15, 0.2) is 0 Å². The van der Waals surface area contributed by atoms with Gasteiger partial charge in [-0.25, -0.2) is 4.39 Å². The van der Waals surface area contributed by atoms with Gasteiger partial charge in [0, 0.05) is 17.6 Å². The van der Waals surface area contributed by atoms with Crippen molar-refractivity contribution in [2.24, 2.45) is 17.6 Å². The summed E-state index contributed by atoms with van der Waals surface area (Å²) in [6, 6.07) is 4.87. The lowest BCUT2D eigenvalue weighted by atomic mass is 9.87. The summed E-state index contributed by atoms with van der Waals surface area (Å²) in [4.78, 5) is 2.37. The Labute approximate surface area is 116 Å². The topological polar surface area (TPSA) is 29.3 Å². The van der Waals surface area contributed by atoms with Crippen molar-refractivity contribution in [3.8, 4) is 0 Å². The first-order valence-electron chi connectivity index (χ1n) is 6.46. The molecule has 0 bridgehead atoms. The molecule has 1 heterocycles. The maximum atomic E-state index is 13.2. The molecular weight excluding hydrogens is 295 g/mol. The van der Waals surface area contributed by atoms with Crippen molar-refractivity contribution in [3.05, 3.63) is 34.1 Å². The van der Waals surface area contributed by atoms with E-state index >= 15 is 0 Å². The summed E-state index contributed by atoms with van der Waals surface area (Å²) in [5.41, 5.74) is 6.82. The Morgan fingerprint density at radius 1 is 1.50 bits per heavy atom. The Hall–Kier alpha value is -0.450. The van der Waals surface area contributed by atoms with Crippen molar-refractivity contribution in [2.75, 3.05) is 19.6 Å². The highest BCUT2D eigenvalue weighted by atomic mass is 79.9. The number of nitrogens with zero attached hydrogens (tertiary/aromatic N) is 1. The summed E-state index contributed by atoms with van der Waals surface area (Å²) in [5, 5.41) is 0. The fourth-order valence-corrected chi connectivity index (χ4v) is 2.95. The van der Waals surface area contributed by atoms with Gasteiger partial charge in [0.1, 0.15) is 5.82 Å². The van der Waals surface area contributed by atoms with Gasteiger partial charge in [0.2, 0.25) is 0 Å². The lowest BCUT2D eigenvalue weighted by Crippen LogP contribution is -2.42. The van der Waals surface area contributed by atoms with Crippen LogP contribution in [-0.2, 0) is 6.54 Å². The van der Waals surface area contributed by atoms with Crippen molar-refractivity contribution in [1.82, 2.24) is 4.90 Å². The van der Waals surface area contributed by atoms with Crippen LogP contribution in [0.5, 0.6) is 0 Å². The molecule has 100 valence electrons. The van der Waals surface area contributed by atoms with Crippen LogP contribution in [0.1, 0.15) is 18.9 Å². The first-order valence-corrected chi connectivity index (χ1v) is 7.25. The molecule has 2 nitrogen and oxygen atoms in total. The van der Waals surface area contributed by atoms with E-state index in [1.54, 1.807) is 12.1 Å². The molecule has 2 unspecified atom stereocenters. The van der Waals surface area contributed by atoms with E-state index in [2.05, 4.69) is 27.8 Å². The predicted octanol–water partition coefficient (Wildman–Crippen LogP) is 3.00. The molecule has 1 fully saturated rings. The molecule has 1 aliphatic heterocycles. The molecule has 1 aliphatic rings. The number of benzene rings is 1. The van der Waals surface area contributed by atoms with Crippen molar-refractivity contribution in [1.29, 1.82) is 0 Å². The van der Waals surface area contributed by atoms with Gasteiger partial charge in [-0.2, -0.15) is 0 Å². The minimum absolute atomic E-state index is 0.172. The molecule has 18 heavy (non-hydrogen) atoms. The van der Waals surface area contributed by atoms with Gasteiger partial charge in [-0.05, 0) is 55.1 Å². The molecule has 0 saturated carbocycles. The van der Waals surface area contributed by atoms with Gasteiger partial charge < -0.3 is 5.73 Å². The zero-order valence-corrected chi connectivity index (χ0v) is 12.3. The lowest BCUT2D eigenvalue weighted by Gasteiger charge is -2.36. The van der Waals surface area contributed by atoms with E-state index in [1.807, 2.05) is 0 Å². The van der Waals surface area contributed by atoms with Gasteiger partial charge in [-0.3, -0.25) is 4.90 Å². The zero-order valence-electron chi connectivity index (χ0n) is 10.7. The zero-order chi connectivity index (χ0) is 13.1. The van der Waals surface area contributed by atoms with Crippen LogP contribution in [0.4, 0.5) is 4.39 Å². The first-order chi connectivity index (χ1) is 8.60. The fourth-order valence-electron chi connectivity index (χ4n) is 2.58. The SMILES string of the molecule is CC1CCN(Cc2cc(F)ccc2Br)CC1CN. The van der Waals surface area contributed by atoms with Gasteiger partial charge in [0.25, 0.3) is 0 Å². The van der Waals surface area contributed by atoms with Gasteiger partial charge in [-0.15, -0.1) is 0 Å². The van der Waals surface area contributed by atoms with Crippen LogP contribution in [-0.4, -0.2) is 24.5 Å². The number of halogens is 2. The second-order valence-electron chi connectivity index (χ2n) is 5.23. The van der Waals surface area contributed by atoms with Crippen molar-refractivity contribution in [2.45, 2.75) is 19.9 Å². The average Bonchev–Trinajstić information content (AvgIpc) is 2.36. The van der Waals surface area contributed by atoms with E-state index < -0.39 is 0 Å². The van der Waals surface area contributed by atoms with E-state index in [0.717, 1.165) is 36.2 Å². The smallest absolute Gasteiger partial charge is 0.123 e. The number of hydrogen-bond acceptors (Lipinski definition) is 2. The highest BCUT2D eigenvalue weighted by Crippen LogP contribution is 2.25. The molecule has 4 heteroatoms. The second-order valence-corrected chi connectivity index (χ2v) is 6.09. The molecule has 1 aromatic carbocycles. The standard InChI is InChI=1S/C14H20BrFN2/c1-10-4-5-18(9-12(10)7-17)8-11-6-13(16)2-3-14(11)15/h2-3,6,10,12H,4-5,7-9,17H2,1H3. The number of hydrogen-bond donors (Lipinski definition) is 1. The van der Waals surface area contributed by atoms with Crippen LogP contribution < -0.4 is 5.73 Å². The Bertz CT molecular complexity index is 411. The molecule has 1 saturated heterocycles. The third-order valence-electron chi connectivity index (χ3n) is 3.90. The molecule has 2 N–H and O–H groups in total. The summed E-state index contributed by atoms with van der Waals surface area (Å²) >= 11 is 3.48. The molecule has 0 aliphatic carbocycles. The molecule has 0 spiro atoms. The van der Waals surface area contributed by atoms with Crippen molar-refractivity contribution >= 4 is 15.9 Å². The van der Waals surface area contributed by atoms with Crippen molar-refractivity contribution in [3.63, 3.8) is 0 Å². The van der Waals surface area contributed by atoms with Gasteiger partial charge >= 0.3 is 0 Å². The molecule has 0 aromatic heterocycles. The Balaban J connectivity index is 2.03. The lowest BCUT2D eigenvalue weighted by molar-refractivity contribution is 0.126. The maximum absolute atomic E-state index is 13.2. The normalized spacial score (nSPS) is 25.3. The van der Waals surface area contributed by atoms with Crippen LogP contribution in [0.3, 0.4) is 0 Å². The van der Waals surface area contributed by atoms with E-state index in [4.69, 9.17) is 5.73 Å². The number of nitrogens with two attached hydrogens (primary N) is 1. The molecule has 2 atom stereocenters. The van der Waals surface area contributed by atoms with E-state index in [1.165, 1.54) is 12.5 Å². The molecular formula is C14H20BrFN2. The summed E-state index contributed by atoms with van der Waals surface area (Å²) in [6.45, 7) is 5.89. The quantitative estimate of drug-likeness (QED) is 0.929. The van der Waals surface area contributed by atoms with Crippen LogP contribution in [0.15, 0.2) is 22.7 Å². The third kappa shape index (κ3) is 3.31. The molecule has 1 aromatic rings. The number of likely N-dealkylation sites (tertiary alicyclic amines) is 1. The summed E-state index contributed by atoms with van der Waals surface area (Å²) < 4.78 is 14.2. The van der Waals surface area contributed by atoms with E-state index in [0.29, 0.717) is 11.8 Å². The Morgan fingerprint density at radius 3 is 3.00 bits per heavy atom. The molecule has 0 radical (unpaired) electrons. The number of rotatable bonds is 3. The van der Waals surface area contributed by atoms with E-state index in [-0.39, 0.29) is 5.82 Å². The summed E-state index contributed by atoms with van der Waals surface area (Å²) in [7, 11) is 0. The van der Waals surface area contributed by atoms with Gasteiger partial charge in [0.05, 0.1) is 0 Å². The Kier molecular flexibility index (Phi) is 4.76. The third-order valence-corrected chi connectivity index (χ3v) is 4.68. The number of piperidine rings is 1. The second kappa shape index (κ2) is 6.13. The largest absolute Gasteiger partial charge is 0.330 e. The average molecular weight is 315 g/mol. The molecule has 0 amide bonds. The highest BCUT2D eigenvalue weighted by Gasteiger charge is 2.25. The van der Waals surface area contributed by atoms with Crippen LogP contribution in [0.2, 0.25) is 0 Å². The van der Waals surface area contributed by atoms with Crippen molar-refractivity contribution < 1.29 is 4.39 Å². The molecule has 2 rings (SSSR count). The Morgan fingerprint density at radius 2 is 2.28 bits per heavy atom. The minimum atomic E-state index is -0.172. The van der Waals surface area contributed by atoms with Crippen LogP contribution in [0, 0.1) is 17.7 Å². The van der Waals surface area contributed by atoms with Gasteiger partial charge in [-0.1, -0.05) is 22.9 Å². The predicted molar refractivity (Wildman–Crippen MR) is 75.7 cm³/mol. The monoisotopic (exact) mass is 314 g/mol. The minimum Gasteiger partial charge on any atom is -0.330 e. The summed E-state index contributed by atoms with van der Waals surface area (Å²) in [6.07, 6.45) is 1.18. The summed E-state index contributed by atoms with van der Waals surface area (Å²) in [5.74, 6) is 1.09. The maximum Gasteiger partial charge on any atom is 0.123 e.